The number of aliphatic hydroxyl groups is 2. The van der Waals surface area contributed by atoms with Gasteiger partial charge in [-0.3, -0.25) is 4.79 Å². The lowest BCUT2D eigenvalue weighted by atomic mass is 9.82. The van der Waals surface area contributed by atoms with Crippen LogP contribution in [0.2, 0.25) is 0 Å². The highest BCUT2D eigenvalue weighted by molar-refractivity contribution is 5.88. The highest BCUT2D eigenvalue weighted by atomic mass is 16.6. The van der Waals surface area contributed by atoms with Gasteiger partial charge >= 0.3 is 11.9 Å². The van der Waals surface area contributed by atoms with E-state index in [2.05, 4.69) is 6.08 Å². The van der Waals surface area contributed by atoms with E-state index in [-0.39, 0.29) is 24.1 Å². The Kier molecular flexibility index (Phi) is 7.17. The minimum Gasteiger partial charge on any atom is -0.458 e. The van der Waals surface area contributed by atoms with Crippen LogP contribution in [0.1, 0.15) is 40.0 Å². The Morgan fingerprint density at radius 3 is 2.77 bits per heavy atom. The molecule has 0 spiro atoms. The van der Waals surface area contributed by atoms with Gasteiger partial charge in [0.05, 0.1) is 30.6 Å². The van der Waals surface area contributed by atoms with Crippen molar-refractivity contribution in [2.24, 2.45) is 11.8 Å². The molecule has 2 rings (SSSR count). The van der Waals surface area contributed by atoms with Crippen LogP contribution in [-0.2, 0) is 19.1 Å². The van der Waals surface area contributed by atoms with Gasteiger partial charge in [0.2, 0.25) is 0 Å². The standard InChI is InChI=1S/C20H28O6/c1-4-15(11-22)20(24)26-16-8-12(2)6-5-7-14(10-21)9-17-18(16)13(3)19(23)25-17/h4,6,9,13,16-18,21-22H,5,7-8,10-11H2,1-3H3/b12-6+,14-9-,15-4+/t13-,16-,17+,18+/m0/s1. The number of carbonyl (C=O) groups is 2. The molecule has 0 bridgehead atoms. The summed E-state index contributed by atoms with van der Waals surface area (Å²) in [4.78, 5) is 24.5. The van der Waals surface area contributed by atoms with Crippen molar-refractivity contribution in [1.82, 2.24) is 0 Å². The summed E-state index contributed by atoms with van der Waals surface area (Å²) in [7, 11) is 0. The third kappa shape index (κ3) is 4.62. The van der Waals surface area contributed by atoms with E-state index in [1.54, 1.807) is 19.9 Å². The fraction of sp³-hybridized carbons (Fsp3) is 0.600. The minimum absolute atomic E-state index is 0.0975. The molecule has 6 nitrogen and oxygen atoms in total. The lowest BCUT2D eigenvalue weighted by Gasteiger charge is -2.29. The summed E-state index contributed by atoms with van der Waals surface area (Å²) in [6, 6.07) is 0. The molecule has 1 aliphatic heterocycles. The van der Waals surface area contributed by atoms with Gasteiger partial charge in [0.15, 0.2) is 0 Å². The Morgan fingerprint density at radius 1 is 1.42 bits per heavy atom. The Hall–Kier alpha value is -1.92. The quantitative estimate of drug-likeness (QED) is 0.451. The number of aliphatic hydroxyl groups excluding tert-OH is 2. The zero-order valence-electron chi connectivity index (χ0n) is 15.6. The van der Waals surface area contributed by atoms with Crippen LogP contribution in [0.3, 0.4) is 0 Å². The molecule has 0 amide bonds. The molecule has 1 aliphatic carbocycles. The molecule has 0 aromatic rings. The van der Waals surface area contributed by atoms with E-state index >= 15 is 0 Å². The van der Waals surface area contributed by atoms with E-state index in [9.17, 15) is 19.8 Å². The van der Waals surface area contributed by atoms with Crippen LogP contribution in [0.5, 0.6) is 0 Å². The second-order valence-electron chi connectivity index (χ2n) is 6.96. The van der Waals surface area contributed by atoms with Crippen LogP contribution < -0.4 is 0 Å². The first-order valence-corrected chi connectivity index (χ1v) is 9.04. The maximum Gasteiger partial charge on any atom is 0.336 e. The van der Waals surface area contributed by atoms with Crippen molar-refractivity contribution >= 4 is 11.9 Å². The fourth-order valence-corrected chi connectivity index (χ4v) is 3.54. The smallest absolute Gasteiger partial charge is 0.336 e. The molecule has 1 saturated heterocycles. The number of carbonyl (C=O) groups excluding carboxylic acids is 2. The topological polar surface area (TPSA) is 93.1 Å². The number of hydrogen-bond acceptors (Lipinski definition) is 6. The largest absolute Gasteiger partial charge is 0.458 e. The summed E-state index contributed by atoms with van der Waals surface area (Å²) in [5, 5.41) is 18.9. The summed E-state index contributed by atoms with van der Waals surface area (Å²) in [5.74, 6) is -1.68. The van der Waals surface area contributed by atoms with Gasteiger partial charge in [-0.2, -0.15) is 0 Å². The lowest BCUT2D eigenvalue weighted by molar-refractivity contribution is -0.148. The molecule has 26 heavy (non-hydrogen) atoms. The van der Waals surface area contributed by atoms with Crippen LogP contribution >= 0.6 is 0 Å². The second kappa shape index (κ2) is 9.14. The molecule has 0 unspecified atom stereocenters. The third-order valence-corrected chi connectivity index (χ3v) is 5.13. The number of ether oxygens (including phenoxy) is 2. The summed E-state index contributed by atoms with van der Waals surface area (Å²) in [6.07, 6.45) is 6.24. The molecular weight excluding hydrogens is 336 g/mol. The molecule has 6 heteroatoms. The van der Waals surface area contributed by atoms with E-state index in [4.69, 9.17) is 9.47 Å². The van der Waals surface area contributed by atoms with Gasteiger partial charge in [-0.15, -0.1) is 0 Å². The van der Waals surface area contributed by atoms with Crippen molar-refractivity contribution in [3.8, 4) is 0 Å². The summed E-state index contributed by atoms with van der Waals surface area (Å²) < 4.78 is 11.2. The van der Waals surface area contributed by atoms with Gasteiger partial charge in [-0.25, -0.2) is 4.79 Å². The number of allylic oxidation sites excluding steroid dienone is 2. The van der Waals surface area contributed by atoms with Gasteiger partial charge in [-0.1, -0.05) is 24.6 Å². The Balaban J connectivity index is 2.38. The number of esters is 2. The molecule has 144 valence electrons. The zero-order valence-corrected chi connectivity index (χ0v) is 15.6. The normalized spacial score (nSPS) is 34.0. The van der Waals surface area contributed by atoms with Crippen molar-refractivity contribution in [2.45, 2.75) is 52.2 Å². The van der Waals surface area contributed by atoms with E-state index in [1.807, 2.05) is 6.92 Å². The van der Waals surface area contributed by atoms with Crippen LogP contribution in [0.25, 0.3) is 0 Å². The van der Waals surface area contributed by atoms with Crippen molar-refractivity contribution in [2.75, 3.05) is 13.2 Å². The first-order chi connectivity index (χ1) is 12.4. The van der Waals surface area contributed by atoms with Gasteiger partial charge < -0.3 is 19.7 Å². The molecule has 0 saturated carbocycles. The first kappa shape index (κ1) is 20.4. The fourth-order valence-electron chi connectivity index (χ4n) is 3.54. The molecule has 1 fully saturated rings. The van der Waals surface area contributed by atoms with Gasteiger partial charge in [-0.05, 0) is 38.3 Å². The van der Waals surface area contributed by atoms with Gasteiger partial charge in [0, 0.05) is 6.42 Å². The number of hydrogen-bond donors (Lipinski definition) is 2. The SMILES string of the molecule is C/C=C(\CO)C(=O)O[C@H]1C/C(C)=C/CC/C(CO)=C/[C@H]2OC(=O)[C@@H](C)[C@H]12. The Bertz CT molecular complexity index is 630. The highest BCUT2D eigenvalue weighted by Gasteiger charge is 2.47. The Morgan fingerprint density at radius 2 is 2.15 bits per heavy atom. The summed E-state index contributed by atoms with van der Waals surface area (Å²) >= 11 is 0. The maximum atomic E-state index is 12.4. The lowest BCUT2D eigenvalue weighted by Crippen LogP contribution is -2.36. The Labute approximate surface area is 154 Å². The molecule has 2 aliphatic rings. The molecular formula is C20H28O6. The van der Waals surface area contributed by atoms with E-state index in [0.717, 1.165) is 17.6 Å². The van der Waals surface area contributed by atoms with Crippen LogP contribution in [0.15, 0.2) is 34.9 Å². The molecule has 4 atom stereocenters. The second-order valence-corrected chi connectivity index (χ2v) is 6.96. The first-order valence-electron chi connectivity index (χ1n) is 9.04. The van der Waals surface area contributed by atoms with Gasteiger partial charge in [0.25, 0.3) is 0 Å². The maximum absolute atomic E-state index is 12.4. The average Bonchev–Trinajstić information content (AvgIpc) is 2.88. The zero-order chi connectivity index (χ0) is 19.3. The average molecular weight is 364 g/mol. The minimum atomic E-state index is -0.582. The van der Waals surface area contributed by atoms with E-state index in [0.29, 0.717) is 12.8 Å². The molecule has 0 aromatic heterocycles. The summed E-state index contributed by atoms with van der Waals surface area (Å²) in [5.41, 5.74) is 2.05. The van der Waals surface area contributed by atoms with Crippen LogP contribution in [-0.4, -0.2) is 47.6 Å². The number of fused-ring (bicyclic) bond motifs is 1. The molecule has 1 heterocycles. The number of rotatable bonds is 4. The van der Waals surface area contributed by atoms with Crippen molar-refractivity contribution in [1.29, 1.82) is 0 Å². The summed E-state index contributed by atoms with van der Waals surface area (Å²) in [6.45, 7) is 4.90. The molecule has 2 N–H and O–H groups in total. The van der Waals surface area contributed by atoms with Crippen molar-refractivity contribution in [3.05, 3.63) is 34.9 Å². The van der Waals surface area contributed by atoms with E-state index < -0.39 is 30.7 Å². The van der Waals surface area contributed by atoms with E-state index in [1.165, 1.54) is 6.08 Å². The molecule has 0 radical (unpaired) electrons. The van der Waals surface area contributed by atoms with Crippen LogP contribution in [0.4, 0.5) is 0 Å². The third-order valence-electron chi connectivity index (χ3n) is 5.13. The van der Waals surface area contributed by atoms with Crippen LogP contribution in [0, 0.1) is 11.8 Å². The monoisotopic (exact) mass is 364 g/mol. The predicted octanol–water partition coefficient (Wildman–Crippen LogP) is 2.06. The van der Waals surface area contributed by atoms with Gasteiger partial charge in [0.1, 0.15) is 12.2 Å². The predicted molar refractivity (Wildman–Crippen MR) is 96.0 cm³/mol. The highest BCUT2D eigenvalue weighted by Crippen LogP contribution is 2.37. The van der Waals surface area contributed by atoms with Crippen molar-refractivity contribution in [3.63, 3.8) is 0 Å². The molecule has 0 aromatic carbocycles. The van der Waals surface area contributed by atoms with Crippen molar-refractivity contribution < 1.29 is 29.3 Å².